The van der Waals surface area contributed by atoms with Gasteiger partial charge in [0.15, 0.2) is 0 Å². The SMILES string of the molecule is CCCCCC1CC(CCC)C(=O)O1. The predicted octanol–water partition coefficient (Wildman–Crippen LogP) is 3.30. The maximum absolute atomic E-state index is 11.4. The lowest BCUT2D eigenvalue weighted by molar-refractivity contribution is -0.144. The third-order valence-electron chi connectivity index (χ3n) is 2.93. The van der Waals surface area contributed by atoms with Crippen LogP contribution in [0.1, 0.15) is 58.8 Å². The molecule has 0 saturated carbocycles. The number of unbranched alkanes of at least 4 members (excludes halogenated alkanes) is 2. The Balaban J connectivity index is 2.21. The lowest BCUT2D eigenvalue weighted by Gasteiger charge is -2.07. The van der Waals surface area contributed by atoms with Crippen LogP contribution < -0.4 is 0 Å². The number of rotatable bonds is 6. The summed E-state index contributed by atoms with van der Waals surface area (Å²) in [5.74, 6) is 0.250. The highest BCUT2D eigenvalue weighted by Crippen LogP contribution is 2.28. The molecule has 82 valence electrons. The van der Waals surface area contributed by atoms with Crippen LogP contribution in [0.5, 0.6) is 0 Å². The van der Waals surface area contributed by atoms with Crippen LogP contribution in [-0.4, -0.2) is 12.1 Å². The highest BCUT2D eigenvalue weighted by Gasteiger charge is 2.32. The molecule has 0 spiro atoms. The molecule has 1 saturated heterocycles. The molecule has 1 heterocycles. The molecule has 0 aromatic heterocycles. The maximum Gasteiger partial charge on any atom is 0.309 e. The molecule has 0 N–H and O–H groups in total. The highest BCUT2D eigenvalue weighted by molar-refractivity contribution is 5.74. The first-order chi connectivity index (χ1) is 6.77. The number of carbonyl (C=O) groups is 1. The van der Waals surface area contributed by atoms with Crippen molar-refractivity contribution in [3.8, 4) is 0 Å². The molecule has 0 aliphatic carbocycles. The van der Waals surface area contributed by atoms with Gasteiger partial charge >= 0.3 is 5.97 Å². The fourth-order valence-electron chi connectivity index (χ4n) is 2.11. The zero-order chi connectivity index (χ0) is 10.4. The average molecular weight is 198 g/mol. The van der Waals surface area contributed by atoms with Gasteiger partial charge in [0.05, 0.1) is 5.92 Å². The van der Waals surface area contributed by atoms with E-state index in [9.17, 15) is 4.79 Å². The Morgan fingerprint density at radius 1 is 1.21 bits per heavy atom. The number of hydrogen-bond acceptors (Lipinski definition) is 2. The third-order valence-corrected chi connectivity index (χ3v) is 2.93. The van der Waals surface area contributed by atoms with Crippen molar-refractivity contribution in [2.75, 3.05) is 0 Å². The Kier molecular flexibility index (Phi) is 4.99. The van der Waals surface area contributed by atoms with E-state index in [2.05, 4.69) is 13.8 Å². The summed E-state index contributed by atoms with van der Waals surface area (Å²) < 4.78 is 5.33. The second-order valence-electron chi connectivity index (χ2n) is 4.28. The molecule has 1 fully saturated rings. The quantitative estimate of drug-likeness (QED) is 0.483. The normalized spacial score (nSPS) is 26.6. The molecule has 1 aliphatic heterocycles. The molecule has 2 nitrogen and oxygen atoms in total. The lowest BCUT2D eigenvalue weighted by Crippen LogP contribution is -2.07. The van der Waals surface area contributed by atoms with Gasteiger partial charge in [-0.3, -0.25) is 4.79 Å². The van der Waals surface area contributed by atoms with E-state index in [0.717, 1.165) is 25.7 Å². The Labute approximate surface area is 87.0 Å². The maximum atomic E-state index is 11.4. The Morgan fingerprint density at radius 3 is 2.64 bits per heavy atom. The Bertz CT molecular complexity index is 177. The van der Waals surface area contributed by atoms with E-state index in [-0.39, 0.29) is 18.0 Å². The van der Waals surface area contributed by atoms with Gasteiger partial charge in [-0.15, -0.1) is 0 Å². The third kappa shape index (κ3) is 3.32. The van der Waals surface area contributed by atoms with Crippen molar-refractivity contribution >= 4 is 5.97 Å². The summed E-state index contributed by atoms with van der Waals surface area (Å²) in [4.78, 5) is 11.4. The molecule has 0 amide bonds. The number of hydrogen-bond donors (Lipinski definition) is 0. The highest BCUT2D eigenvalue weighted by atomic mass is 16.5. The molecule has 0 radical (unpaired) electrons. The van der Waals surface area contributed by atoms with Crippen molar-refractivity contribution in [1.82, 2.24) is 0 Å². The monoisotopic (exact) mass is 198 g/mol. The molecular formula is C12H22O2. The fraction of sp³-hybridized carbons (Fsp3) is 0.917. The summed E-state index contributed by atoms with van der Waals surface area (Å²) >= 11 is 0. The van der Waals surface area contributed by atoms with E-state index in [1.807, 2.05) is 0 Å². The van der Waals surface area contributed by atoms with Crippen molar-refractivity contribution in [1.29, 1.82) is 0 Å². The molecule has 0 bridgehead atoms. The zero-order valence-corrected chi connectivity index (χ0v) is 9.42. The van der Waals surface area contributed by atoms with Gasteiger partial charge in [-0.1, -0.05) is 33.1 Å². The number of esters is 1. The molecule has 14 heavy (non-hydrogen) atoms. The summed E-state index contributed by atoms with van der Waals surface area (Å²) in [5.41, 5.74) is 0. The van der Waals surface area contributed by atoms with Crippen LogP contribution in [0.2, 0.25) is 0 Å². The van der Waals surface area contributed by atoms with E-state index in [0.29, 0.717) is 0 Å². The van der Waals surface area contributed by atoms with Gasteiger partial charge in [-0.2, -0.15) is 0 Å². The molecule has 2 heteroatoms. The van der Waals surface area contributed by atoms with E-state index in [4.69, 9.17) is 4.74 Å². The van der Waals surface area contributed by atoms with Crippen molar-refractivity contribution in [3.63, 3.8) is 0 Å². The standard InChI is InChI=1S/C12H22O2/c1-3-5-6-8-11-9-10(7-4-2)12(13)14-11/h10-11H,3-9H2,1-2H3. The minimum absolute atomic E-state index is 0.0494. The smallest absolute Gasteiger partial charge is 0.309 e. The Hall–Kier alpha value is -0.530. The molecular weight excluding hydrogens is 176 g/mol. The van der Waals surface area contributed by atoms with Crippen molar-refractivity contribution in [2.45, 2.75) is 64.9 Å². The lowest BCUT2D eigenvalue weighted by atomic mass is 9.97. The molecule has 1 aliphatic rings. The van der Waals surface area contributed by atoms with Gasteiger partial charge in [0.25, 0.3) is 0 Å². The van der Waals surface area contributed by atoms with Gasteiger partial charge in [-0.05, 0) is 25.7 Å². The first kappa shape index (κ1) is 11.5. The second-order valence-corrected chi connectivity index (χ2v) is 4.28. The minimum atomic E-state index is 0.0494. The van der Waals surface area contributed by atoms with Crippen LogP contribution in [0.4, 0.5) is 0 Å². The van der Waals surface area contributed by atoms with Gasteiger partial charge in [0.1, 0.15) is 6.10 Å². The number of ether oxygens (including phenoxy) is 1. The van der Waals surface area contributed by atoms with Gasteiger partial charge < -0.3 is 4.74 Å². The summed E-state index contributed by atoms with van der Waals surface area (Å²) in [6.07, 6.45) is 8.05. The molecule has 2 unspecified atom stereocenters. The molecule has 0 aromatic rings. The van der Waals surface area contributed by atoms with Crippen LogP contribution in [0.3, 0.4) is 0 Å². The average Bonchev–Trinajstić information content (AvgIpc) is 2.49. The van der Waals surface area contributed by atoms with Gasteiger partial charge in [0, 0.05) is 0 Å². The van der Waals surface area contributed by atoms with Crippen molar-refractivity contribution in [2.24, 2.45) is 5.92 Å². The van der Waals surface area contributed by atoms with Crippen LogP contribution >= 0.6 is 0 Å². The fourth-order valence-corrected chi connectivity index (χ4v) is 2.11. The Morgan fingerprint density at radius 2 is 2.00 bits per heavy atom. The molecule has 0 aromatic carbocycles. The molecule has 2 atom stereocenters. The zero-order valence-electron chi connectivity index (χ0n) is 9.42. The predicted molar refractivity (Wildman–Crippen MR) is 57.0 cm³/mol. The van der Waals surface area contributed by atoms with E-state index < -0.39 is 0 Å². The van der Waals surface area contributed by atoms with Crippen molar-refractivity contribution in [3.05, 3.63) is 0 Å². The summed E-state index contributed by atoms with van der Waals surface area (Å²) in [5, 5.41) is 0. The van der Waals surface area contributed by atoms with E-state index in [1.54, 1.807) is 0 Å². The van der Waals surface area contributed by atoms with Gasteiger partial charge in [-0.25, -0.2) is 0 Å². The molecule has 1 rings (SSSR count). The first-order valence-corrected chi connectivity index (χ1v) is 5.98. The van der Waals surface area contributed by atoms with Crippen LogP contribution in [0.25, 0.3) is 0 Å². The van der Waals surface area contributed by atoms with E-state index in [1.165, 1.54) is 19.3 Å². The number of carbonyl (C=O) groups excluding carboxylic acids is 1. The topological polar surface area (TPSA) is 26.3 Å². The van der Waals surface area contributed by atoms with Crippen LogP contribution in [0.15, 0.2) is 0 Å². The first-order valence-electron chi connectivity index (χ1n) is 5.98. The number of cyclic esters (lactones) is 1. The minimum Gasteiger partial charge on any atom is -0.462 e. The second kappa shape index (κ2) is 6.05. The van der Waals surface area contributed by atoms with Crippen molar-refractivity contribution < 1.29 is 9.53 Å². The largest absolute Gasteiger partial charge is 0.462 e. The summed E-state index contributed by atoms with van der Waals surface area (Å²) in [7, 11) is 0. The van der Waals surface area contributed by atoms with E-state index >= 15 is 0 Å². The van der Waals surface area contributed by atoms with Crippen LogP contribution in [0, 0.1) is 5.92 Å². The van der Waals surface area contributed by atoms with Crippen LogP contribution in [-0.2, 0) is 9.53 Å². The van der Waals surface area contributed by atoms with Gasteiger partial charge in [0.2, 0.25) is 0 Å². The summed E-state index contributed by atoms with van der Waals surface area (Å²) in [6.45, 7) is 4.32. The summed E-state index contributed by atoms with van der Waals surface area (Å²) in [6, 6.07) is 0.